The van der Waals surface area contributed by atoms with E-state index in [0.717, 1.165) is 9.38 Å². The van der Waals surface area contributed by atoms with Crippen molar-refractivity contribution in [1.29, 1.82) is 0 Å². The zero-order valence-electron chi connectivity index (χ0n) is 17.5. The number of benzene rings is 1. The number of Topliss-reactive ketones (excluding diaryl/α,β-unsaturated/α-hetero) is 1. The highest BCUT2D eigenvalue weighted by molar-refractivity contribution is 9.15. The zero-order chi connectivity index (χ0) is 20.9. The third-order valence-electron chi connectivity index (χ3n) is 4.66. The first-order valence-electron chi connectivity index (χ1n) is 9.06. The van der Waals surface area contributed by atoms with Crippen LogP contribution in [-0.4, -0.2) is 34.6 Å². The molecule has 0 unspecified atom stereocenters. The van der Waals surface area contributed by atoms with Crippen LogP contribution < -0.4 is 4.74 Å². The van der Waals surface area contributed by atoms with Gasteiger partial charge in [0.15, 0.2) is 5.76 Å². The standard InChI is InChI=1S/C21H31BrO4S/c1-13(2)27(14(3)4,15(5)6)20(22)19(26-21(24)16(7)23)17-9-11-18(25-8)12-10-17/h9-15H,1-8H3/b20-19-. The number of ketones is 1. The Bertz CT molecular complexity index is 684. The van der Waals surface area contributed by atoms with Gasteiger partial charge in [0, 0.05) is 12.5 Å². The lowest BCUT2D eigenvalue weighted by Crippen LogP contribution is -2.29. The summed E-state index contributed by atoms with van der Waals surface area (Å²) in [5.74, 6) is -0.353. The molecule has 0 saturated carbocycles. The Morgan fingerprint density at radius 2 is 1.37 bits per heavy atom. The van der Waals surface area contributed by atoms with Crippen LogP contribution in [0.15, 0.2) is 28.1 Å². The molecule has 0 aliphatic heterocycles. The van der Waals surface area contributed by atoms with E-state index < -0.39 is 21.8 Å². The van der Waals surface area contributed by atoms with Gasteiger partial charge in [0.1, 0.15) is 5.75 Å². The van der Waals surface area contributed by atoms with Crippen LogP contribution in [0, 0.1) is 0 Å². The van der Waals surface area contributed by atoms with Crippen molar-refractivity contribution in [1.82, 2.24) is 0 Å². The van der Waals surface area contributed by atoms with Crippen molar-refractivity contribution >= 4 is 43.5 Å². The molecule has 0 amide bonds. The Balaban J connectivity index is 3.74. The highest BCUT2D eigenvalue weighted by atomic mass is 79.9. The maximum Gasteiger partial charge on any atom is 0.379 e. The van der Waals surface area contributed by atoms with E-state index in [-0.39, 0.29) is 0 Å². The molecular formula is C21H31BrO4S. The smallest absolute Gasteiger partial charge is 0.379 e. The average molecular weight is 459 g/mol. The molecule has 0 spiro atoms. The summed E-state index contributed by atoms with van der Waals surface area (Å²) < 4.78 is 11.7. The minimum atomic E-state index is -1.38. The van der Waals surface area contributed by atoms with Gasteiger partial charge in [-0.25, -0.2) is 4.79 Å². The third kappa shape index (κ3) is 4.96. The largest absolute Gasteiger partial charge is 0.497 e. The fraction of sp³-hybridized carbons (Fsp3) is 0.524. The number of esters is 1. The first kappa shape index (κ1) is 23.8. The van der Waals surface area contributed by atoms with Crippen molar-refractivity contribution in [3.8, 4) is 5.75 Å². The molecule has 27 heavy (non-hydrogen) atoms. The number of hydrogen-bond donors (Lipinski definition) is 0. The van der Waals surface area contributed by atoms with Crippen molar-refractivity contribution in [2.45, 2.75) is 64.2 Å². The topological polar surface area (TPSA) is 52.6 Å². The van der Waals surface area contributed by atoms with Crippen molar-refractivity contribution in [3.63, 3.8) is 0 Å². The Hall–Kier alpha value is -1.27. The van der Waals surface area contributed by atoms with Gasteiger partial charge in [-0.05, 0) is 55.9 Å². The van der Waals surface area contributed by atoms with Gasteiger partial charge in [0.05, 0.1) is 10.9 Å². The summed E-state index contributed by atoms with van der Waals surface area (Å²) in [6.07, 6.45) is 0. The summed E-state index contributed by atoms with van der Waals surface area (Å²) in [6, 6.07) is 7.31. The summed E-state index contributed by atoms with van der Waals surface area (Å²) in [5.41, 5.74) is 0.732. The van der Waals surface area contributed by atoms with E-state index in [1.807, 2.05) is 24.3 Å². The normalized spacial score (nSPS) is 13.6. The molecule has 0 heterocycles. The molecule has 4 nitrogen and oxygen atoms in total. The van der Waals surface area contributed by atoms with Crippen LogP contribution >= 0.6 is 26.0 Å². The lowest BCUT2D eigenvalue weighted by Gasteiger charge is -2.51. The van der Waals surface area contributed by atoms with Gasteiger partial charge in [0.25, 0.3) is 0 Å². The van der Waals surface area contributed by atoms with Gasteiger partial charge in [-0.3, -0.25) is 4.79 Å². The first-order valence-corrected chi connectivity index (χ1v) is 11.7. The van der Waals surface area contributed by atoms with Crippen LogP contribution in [0.4, 0.5) is 0 Å². The molecule has 0 radical (unpaired) electrons. The van der Waals surface area contributed by atoms with E-state index in [1.54, 1.807) is 7.11 Å². The van der Waals surface area contributed by atoms with Crippen LogP contribution in [0.25, 0.3) is 5.76 Å². The number of carbonyl (C=O) groups is 2. The molecule has 0 atom stereocenters. The highest BCUT2D eigenvalue weighted by Gasteiger charge is 2.40. The second-order valence-corrected chi connectivity index (χ2v) is 13.3. The molecule has 0 aliphatic rings. The lowest BCUT2D eigenvalue weighted by molar-refractivity contribution is -0.147. The fourth-order valence-corrected chi connectivity index (χ4v) is 12.2. The number of ether oxygens (including phenoxy) is 2. The maximum atomic E-state index is 12.1. The van der Waals surface area contributed by atoms with Crippen LogP contribution in [-0.2, 0) is 14.3 Å². The minimum absolute atomic E-state index is 0.358. The minimum Gasteiger partial charge on any atom is -0.497 e. The van der Waals surface area contributed by atoms with Crippen molar-refractivity contribution in [2.24, 2.45) is 0 Å². The van der Waals surface area contributed by atoms with Crippen LogP contribution in [0.5, 0.6) is 5.75 Å². The molecule has 0 saturated heterocycles. The summed E-state index contributed by atoms with van der Waals surface area (Å²) in [6.45, 7) is 14.4. The maximum absolute atomic E-state index is 12.1. The molecular weight excluding hydrogens is 428 g/mol. The van der Waals surface area contributed by atoms with Gasteiger partial charge in [0.2, 0.25) is 5.78 Å². The first-order chi connectivity index (χ1) is 12.5. The van der Waals surface area contributed by atoms with E-state index >= 15 is 0 Å². The van der Waals surface area contributed by atoms with Gasteiger partial charge in [-0.1, -0.05) is 41.5 Å². The third-order valence-corrected chi connectivity index (χ3v) is 12.2. The average Bonchev–Trinajstić information content (AvgIpc) is 2.58. The number of rotatable bonds is 8. The van der Waals surface area contributed by atoms with Crippen molar-refractivity contribution < 1.29 is 19.1 Å². The predicted molar refractivity (Wildman–Crippen MR) is 119 cm³/mol. The summed E-state index contributed by atoms with van der Waals surface area (Å²) in [5, 5.41) is 1.07. The Labute approximate surface area is 173 Å². The second kappa shape index (κ2) is 9.78. The quantitative estimate of drug-likeness (QED) is 0.277. The molecule has 6 heteroatoms. The number of carbonyl (C=O) groups excluding carboxylic acids is 2. The molecule has 0 bridgehead atoms. The Morgan fingerprint density at radius 1 is 0.926 bits per heavy atom. The van der Waals surface area contributed by atoms with E-state index in [1.165, 1.54) is 6.92 Å². The Morgan fingerprint density at radius 3 is 1.70 bits per heavy atom. The molecule has 1 aromatic rings. The fourth-order valence-electron chi connectivity index (χ4n) is 3.53. The zero-order valence-corrected chi connectivity index (χ0v) is 19.9. The summed E-state index contributed by atoms with van der Waals surface area (Å²) in [4.78, 5) is 23.7. The molecule has 152 valence electrons. The molecule has 0 fully saturated rings. The molecule has 0 aromatic heterocycles. The van der Waals surface area contributed by atoms with E-state index in [0.29, 0.717) is 27.3 Å². The van der Waals surface area contributed by atoms with Gasteiger partial charge in [-0.2, -0.15) is 10.0 Å². The monoisotopic (exact) mass is 458 g/mol. The van der Waals surface area contributed by atoms with Crippen LogP contribution in [0.1, 0.15) is 54.0 Å². The number of halogens is 1. The van der Waals surface area contributed by atoms with Gasteiger partial charge in [-0.15, -0.1) is 0 Å². The molecule has 1 aromatic carbocycles. The van der Waals surface area contributed by atoms with Gasteiger partial charge < -0.3 is 9.47 Å². The number of methoxy groups -OCH3 is 1. The second-order valence-electron chi connectivity index (χ2n) is 7.19. The molecule has 0 N–H and O–H groups in total. The predicted octanol–water partition coefficient (Wildman–Crippen LogP) is 5.88. The number of hydrogen-bond acceptors (Lipinski definition) is 4. The summed E-state index contributed by atoms with van der Waals surface area (Å²) in [7, 11) is 0.217. The van der Waals surface area contributed by atoms with E-state index in [4.69, 9.17) is 9.47 Å². The van der Waals surface area contributed by atoms with Crippen molar-refractivity contribution in [3.05, 3.63) is 33.6 Å². The SMILES string of the molecule is COc1ccc(/C(OC(=O)C(C)=O)=C(\Br)S(C(C)C)(C(C)C)C(C)C)cc1. The van der Waals surface area contributed by atoms with Gasteiger partial charge >= 0.3 is 5.97 Å². The molecule has 0 aliphatic carbocycles. The molecule has 1 rings (SSSR count). The van der Waals surface area contributed by atoms with E-state index in [2.05, 4.69) is 57.5 Å². The van der Waals surface area contributed by atoms with Crippen LogP contribution in [0.2, 0.25) is 0 Å². The van der Waals surface area contributed by atoms with E-state index in [9.17, 15) is 9.59 Å². The van der Waals surface area contributed by atoms with Crippen molar-refractivity contribution in [2.75, 3.05) is 7.11 Å². The highest BCUT2D eigenvalue weighted by Crippen LogP contribution is 2.69. The summed E-state index contributed by atoms with van der Waals surface area (Å²) >= 11 is 3.82. The Kier molecular flexibility index (Phi) is 8.61. The lowest BCUT2D eigenvalue weighted by atomic mass is 10.2. The van der Waals surface area contributed by atoms with Crippen LogP contribution in [0.3, 0.4) is 0 Å².